The molecule has 3 aromatic rings. The number of nitrogens with one attached hydrogen (secondary N) is 2. The van der Waals surface area contributed by atoms with Gasteiger partial charge in [-0.1, -0.05) is 108 Å². The van der Waals surface area contributed by atoms with E-state index in [1.807, 2.05) is 45.1 Å². The maximum atomic E-state index is 11.7. The van der Waals surface area contributed by atoms with Crippen LogP contribution in [0.4, 0.5) is 5.69 Å². The first-order valence-electron chi connectivity index (χ1n) is 15.2. The van der Waals surface area contributed by atoms with Crippen molar-refractivity contribution in [2.45, 2.75) is 99.8 Å². The first-order chi connectivity index (χ1) is 19.2. The highest BCUT2D eigenvalue weighted by Crippen LogP contribution is 2.30. The van der Waals surface area contributed by atoms with Gasteiger partial charge in [0.2, 0.25) is 5.91 Å². The van der Waals surface area contributed by atoms with Crippen molar-refractivity contribution in [2.24, 2.45) is 5.92 Å². The predicted octanol–water partition coefficient (Wildman–Crippen LogP) is 10.9. The molecule has 216 valence electrons. The van der Waals surface area contributed by atoms with Crippen molar-refractivity contribution in [1.29, 1.82) is 0 Å². The van der Waals surface area contributed by atoms with Crippen LogP contribution in [0.5, 0.6) is 0 Å². The van der Waals surface area contributed by atoms with Crippen molar-refractivity contribution in [3.05, 3.63) is 95.2 Å². The van der Waals surface area contributed by atoms with E-state index >= 15 is 0 Å². The zero-order valence-corrected chi connectivity index (χ0v) is 26.2. The van der Waals surface area contributed by atoms with E-state index in [0.29, 0.717) is 5.92 Å². The number of fused-ring (bicyclic) bond motifs is 1. The van der Waals surface area contributed by atoms with E-state index in [-0.39, 0.29) is 11.8 Å². The fourth-order valence-electron chi connectivity index (χ4n) is 5.00. The molecule has 2 aromatic carbocycles. The lowest BCUT2D eigenvalue weighted by atomic mass is 9.90. The number of aromatic amines is 1. The van der Waals surface area contributed by atoms with Crippen LogP contribution in [0, 0.1) is 12.8 Å². The third-order valence-electron chi connectivity index (χ3n) is 7.14. The molecule has 3 nitrogen and oxygen atoms in total. The molecule has 0 unspecified atom stereocenters. The molecule has 0 spiro atoms. The first kappa shape index (κ1) is 32.9. The first-order valence-corrected chi connectivity index (χ1v) is 15.2. The van der Waals surface area contributed by atoms with Crippen molar-refractivity contribution in [1.82, 2.24) is 4.98 Å². The summed E-state index contributed by atoms with van der Waals surface area (Å²) in [6.07, 6.45) is 17.5. The monoisotopic (exact) mass is 540 g/mol. The van der Waals surface area contributed by atoms with E-state index in [1.165, 1.54) is 64.5 Å². The molecule has 0 atom stereocenters. The second-order valence-corrected chi connectivity index (χ2v) is 11.1. The van der Waals surface area contributed by atoms with Gasteiger partial charge in [-0.05, 0) is 86.9 Å². The Morgan fingerprint density at radius 1 is 0.950 bits per heavy atom. The Kier molecular flexibility index (Phi) is 14.3. The number of carbonyl (C=O) groups excluding carboxylic acids is 1. The smallest absolute Gasteiger partial charge is 0.226 e. The maximum Gasteiger partial charge on any atom is 0.226 e. The van der Waals surface area contributed by atoms with Crippen LogP contribution in [0.1, 0.15) is 109 Å². The fraction of sp³-hybridized carbons (Fsp3) is 0.432. The van der Waals surface area contributed by atoms with E-state index in [2.05, 4.69) is 93.5 Å². The number of anilines is 1. The number of aromatic nitrogens is 1. The van der Waals surface area contributed by atoms with Crippen LogP contribution in [0.2, 0.25) is 0 Å². The lowest BCUT2D eigenvalue weighted by Gasteiger charge is -2.17. The predicted molar refractivity (Wildman–Crippen MR) is 177 cm³/mol. The zero-order valence-electron chi connectivity index (χ0n) is 26.2. The molecule has 0 aliphatic heterocycles. The van der Waals surface area contributed by atoms with Gasteiger partial charge in [-0.25, -0.2) is 0 Å². The average Bonchev–Trinajstić information content (AvgIpc) is 3.29. The van der Waals surface area contributed by atoms with Gasteiger partial charge in [-0.15, -0.1) is 0 Å². The normalized spacial score (nSPS) is 12.1. The quantitative estimate of drug-likeness (QED) is 0.220. The minimum absolute atomic E-state index is 0.0192. The van der Waals surface area contributed by atoms with Gasteiger partial charge in [0, 0.05) is 28.2 Å². The summed E-state index contributed by atoms with van der Waals surface area (Å²) >= 11 is 0. The Labute approximate surface area is 243 Å². The molecular weight excluding hydrogens is 488 g/mol. The molecular formula is C37H52N2O. The van der Waals surface area contributed by atoms with Gasteiger partial charge in [-0.2, -0.15) is 0 Å². The Bertz CT molecular complexity index is 1280. The van der Waals surface area contributed by atoms with Gasteiger partial charge in [0.05, 0.1) is 0 Å². The fourth-order valence-corrected chi connectivity index (χ4v) is 5.00. The highest BCUT2D eigenvalue weighted by molar-refractivity contribution is 5.92. The SMILES string of the molecule is CCCC(CCC)c1cccc(NC(=O)C(C)C)c1.C\C=C/C=C\C=C(/C)c1[nH]c2ccc(C)cc2c1CCC. The number of amides is 1. The van der Waals surface area contributed by atoms with Crippen LogP contribution in [0.3, 0.4) is 0 Å². The molecule has 0 saturated carbocycles. The summed E-state index contributed by atoms with van der Waals surface area (Å²) in [5.41, 5.74) is 8.85. The number of benzene rings is 2. The van der Waals surface area contributed by atoms with Crippen molar-refractivity contribution >= 4 is 28.1 Å². The molecule has 3 rings (SSSR count). The third kappa shape index (κ3) is 10.0. The van der Waals surface area contributed by atoms with Gasteiger partial charge in [-0.3, -0.25) is 4.79 Å². The highest BCUT2D eigenvalue weighted by Gasteiger charge is 2.13. The lowest BCUT2D eigenvalue weighted by Crippen LogP contribution is -2.17. The summed E-state index contributed by atoms with van der Waals surface area (Å²) in [6, 6.07) is 15.0. The van der Waals surface area contributed by atoms with Crippen LogP contribution >= 0.6 is 0 Å². The van der Waals surface area contributed by atoms with E-state index < -0.39 is 0 Å². The number of hydrogen-bond donors (Lipinski definition) is 2. The van der Waals surface area contributed by atoms with E-state index in [4.69, 9.17) is 0 Å². The Hall–Kier alpha value is -3.33. The second kappa shape index (κ2) is 17.4. The lowest BCUT2D eigenvalue weighted by molar-refractivity contribution is -0.118. The van der Waals surface area contributed by atoms with Crippen LogP contribution in [-0.4, -0.2) is 10.9 Å². The second-order valence-electron chi connectivity index (χ2n) is 11.1. The number of rotatable bonds is 12. The van der Waals surface area contributed by atoms with E-state index in [1.54, 1.807) is 0 Å². The molecule has 2 N–H and O–H groups in total. The molecule has 0 aliphatic rings. The van der Waals surface area contributed by atoms with Crippen molar-refractivity contribution in [3.8, 4) is 0 Å². The van der Waals surface area contributed by atoms with Crippen LogP contribution in [0.25, 0.3) is 16.5 Å². The van der Waals surface area contributed by atoms with Crippen LogP contribution in [0.15, 0.2) is 72.8 Å². The van der Waals surface area contributed by atoms with Crippen LogP contribution in [-0.2, 0) is 11.2 Å². The molecule has 40 heavy (non-hydrogen) atoms. The van der Waals surface area contributed by atoms with Gasteiger partial charge in [0.15, 0.2) is 0 Å². The number of carbonyl (C=O) groups is 1. The van der Waals surface area contributed by atoms with Gasteiger partial charge in [0.25, 0.3) is 0 Å². The highest BCUT2D eigenvalue weighted by atomic mass is 16.1. The van der Waals surface area contributed by atoms with Crippen molar-refractivity contribution < 1.29 is 4.79 Å². The van der Waals surface area contributed by atoms with Crippen LogP contribution < -0.4 is 5.32 Å². The standard InChI is InChI=1S/C20H25N.C17H27NO/c1-5-7-8-9-11-16(4)20-17(10-6-2)18-14-15(3)12-13-19(18)21-20;1-5-8-14(9-6-2)15-10-7-11-16(12-15)18-17(19)13(3)4/h5,7-9,11-14,21H,6,10H2,1-4H3;7,10-14H,5-6,8-9H2,1-4H3,(H,18,19)/b7-5-,9-8-,16-11+;. The number of H-pyrrole nitrogens is 1. The van der Waals surface area contributed by atoms with Crippen molar-refractivity contribution in [3.63, 3.8) is 0 Å². The molecule has 0 bridgehead atoms. The minimum Gasteiger partial charge on any atom is -0.355 e. The Morgan fingerprint density at radius 2 is 1.68 bits per heavy atom. The number of aryl methyl sites for hydroxylation is 2. The van der Waals surface area contributed by atoms with Gasteiger partial charge in [0.1, 0.15) is 0 Å². The molecule has 0 aliphatic carbocycles. The summed E-state index contributed by atoms with van der Waals surface area (Å²) < 4.78 is 0. The topological polar surface area (TPSA) is 44.9 Å². The molecule has 0 saturated heterocycles. The van der Waals surface area contributed by atoms with Gasteiger partial charge >= 0.3 is 0 Å². The molecule has 0 radical (unpaired) electrons. The largest absolute Gasteiger partial charge is 0.355 e. The van der Waals surface area contributed by atoms with E-state index in [9.17, 15) is 4.79 Å². The molecule has 1 amide bonds. The molecule has 1 heterocycles. The number of hydrogen-bond acceptors (Lipinski definition) is 1. The third-order valence-corrected chi connectivity index (χ3v) is 7.14. The molecule has 1 aromatic heterocycles. The summed E-state index contributed by atoms with van der Waals surface area (Å²) in [5, 5.41) is 4.35. The van der Waals surface area contributed by atoms with Crippen molar-refractivity contribution in [2.75, 3.05) is 5.32 Å². The van der Waals surface area contributed by atoms with Gasteiger partial charge < -0.3 is 10.3 Å². The minimum atomic E-state index is 0.0192. The summed E-state index contributed by atoms with van der Waals surface area (Å²) in [6.45, 7) is 16.9. The Morgan fingerprint density at radius 3 is 2.30 bits per heavy atom. The zero-order chi connectivity index (χ0) is 29.5. The molecule has 0 fully saturated rings. The summed E-state index contributed by atoms with van der Waals surface area (Å²) in [5.74, 6) is 0.719. The van der Waals surface area contributed by atoms with E-state index in [0.717, 1.165) is 18.5 Å². The number of allylic oxidation sites excluding steroid dienone is 6. The summed E-state index contributed by atoms with van der Waals surface area (Å²) in [4.78, 5) is 15.3. The Balaban J connectivity index is 0.000000282. The molecule has 3 heteroatoms. The average molecular weight is 541 g/mol. The summed E-state index contributed by atoms with van der Waals surface area (Å²) in [7, 11) is 0. The maximum absolute atomic E-state index is 11.7.